The molecule has 0 fully saturated rings. The Hall–Kier alpha value is -4.01. The largest absolute Gasteiger partial charge is 0.493 e. The molecular weight excluding hydrogens is 550 g/mol. The fraction of sp³-hybridized carbons (Fsp3) is 0.370. The summed E-state index contributed by atoms with van der Waals surface area (Å²) in [6, 6.07) is 7.24. The van der Waals surface area contributed by atoms with Crippen LogP contribution in [0.1, 0.15) is 28.7 Å². The van der Waals surface area contributed by atoms with Crippen molar-refractivity contribution >= 4 is 11.6 Å². The van der Waals surface area contributed by atoms with Crippen LogP contribution in [0.2, 0.25) is 0 Å². The summed E-state index contributed by atoms with van der Waals surface area (Å²) in [6.07, 6.45) is -4.17. The monoisotopic (exact) mass is 579 g/mol. The average molecular weight is 580 g/mol. The molecule has 2 aromatic heterocycles. The van der Waals surface area contributed by atoms with E-state index in [4.69, 9.17) is 20.3 Å². The van der Waals surface area contributed by atoms with Gasteiger partial charge >= 0.3 is 6.18 Å². The number of amides is 1. The van der Waals surface area contributed by atoms with Crippen molar-refractivity contribution in [3.05, 3.63) is 65.4 Å². The minimum atomic E-state index is -5.29. The van der Waals surface area contributed by atoms with Gasteiger partial charge in [0.1, 0.15) is 18.1 Å². The quantitative estimate of drug-likeness (QED) is 0.281. The number of hydrogen-bond donors (Lipinski definition) is 4. The molecule has 1 amide bonds. The molecule has 0 saturated heterocycles. The maximum absolute atomic E-state index is 14.5. The number of halogens is 4. The van der Waals surface area contributed by atoms with Crippen molar-refractivity contribution in [3.8, 4) is 22.8 Å². The van der Waals surface area contributed by atoms with Crippen LogP contribution in [0.15, 0.2) is 42.6 Å². The molecule has 1 aliphatic heterocycles. The number of methoxy groups -OCH3 is 1. The maximum Gasteiger partial charge on any atom is 0.424 e. The average Bonchev–Trinajstić information content (AvgIpc) is 3.17. The number of carbonyl (C=O) groups excluding carboxylic acids is 1. The van der Waals surface area contributed by atoms with Crippen molar-refractivity contribution in [1.82, 2.24) is 15.3 Å². The molecule has 41 heavy (non-hydrogen) atoms. The number of alkyl halides is 3. The van der Waals surface area contributed by atoms with E-state index in [1.54, 1.807) is 18.9 Å². The normalized spacial score (nSPS) is 18.0. The number of hydrogen-bond acceptors (Lipinski definition) is 9. The van der Waals surface area contributed by atoms with Crippen LogP contribution in [0.5, 0.6) is 11.5 Å². The number of carbonyl (C=O) groups is 1. The van der Waals surface area contributed by atoms with Gasteiger partial charge in [-0.3, -0.25) is 4.79 Å². The molecule has 3 heterocycles. The molecule has 3 aromatic rings. The first-order valence-electron chi connectivity index (χ1n) is 12.4. The molecule has 5 N–H and O–H groups in total. The highest BCUT2D eigenvalue weighted by Crippen LogP contribution is 2.46. The number of aromatic nitrogens is 2. The standard InChI is InChI=1S/C27H29F4N5O5/c1-25(32)14-36(2)23-17(25)10-21(35-22(23)15-4-6-16(28)7-5-15)26(39,27(29,30)31)13-34-24(38)18-11-19(40-3)20(12-33-18)41-9-8-37/h4-7,10-12,37,39H,8-9,13-14,32H2,1-3H3,(H,34,38). The third kappa shape index (κ3) is 5.76. The third-order valence-electron chi connectivity index (χ3n) is 6.70. The lowest BCUT2D eigenvalue weighted by Gasteiger charge is -2.31. The van der Waals surface area contributed by atoms with E-state index in [0.29, 0.717) is 16.8 Å². The molecule has 10 nitrogen and oxygen atoms in total. The van der Waals surface area contributed by atoms with Crippen molar-refractivity contribution in [1.29, 1.82) is 0 Å². The van der Waals surface area contributed by atoms with E-state index in [1.807, 2.05) is 0 Å². The van der Waals surface area contributed by atoms with Gasteiger partial charge in [0.25, 0.3) is 5.91 Å². The zero-order chi connectivity index (χ0) is 30.2. The van der Waals surface area contributed by atoms with Gasteiger partial charge in [-0.2, -0.15) is 13.2 Å². The molecule has 14 heteroatoms. The van der Waals surface area contributed by atoms with Gasteiger partial charge in [-0.1, -0.05) is 0 Å². The summed E-state index contributed by atoms with van der Waals surface area (Å²) in [5, 5.41) is 22.1. The molecule has 0 radical (unpaired) electrons. The summed E-state index contributed by atoms with van der Waals surface area (Å²) < 4.78 is 67.6. The summed E-state index contributed by atoms with van der Waals surface area (Å²) in [5.74, 6) is -1.43. The molecule has 2 unspecified atom stereocenters. The second-order valence-corrected chi connectivity index (χ2v) is 9.87. The second-order valence-electron chi connectivity index (χ2n) is 9.87. The molecule has 4 rings (SSSR count). The number of rotatable bonds is 9. The number of fused-ring (bicyclic) bond motifs is 1. The van der Waals surface area contributed by atoms with Crippen LogP contribution in [0.3, 0.4) is 0 Å². The van der Waals surface area contributed by atoms with Crippen molar-refractivity contribution in [2.45, 2.75) is 24.2 Å². The lowest BCUT2D eigenvalue weighted by molar-refractivity contribution is -0.265. The molecule has 220 valence electrons. The first-order chi connectivity index (χ1) is 19.2. The fourth-order valence-corrected chi connectivity index (χ4v) is 4.64. The van der Waals surface area contributed by atoms with Gasteiger partial charge in [-0.05, 0) is 37.3 Å². The first kappa shape index (κ1) is 30.0. The molecule has 0 aliphatic carbocycles. The number of anilines is 1. The minimum Gasteiger partial charge on any atom is -0.493 e. The molecule has 0 saturated carbocycles. The number of benzene rings is 1. The SMILES string of the molecule is COc1cc(C(=O)NCC(O)(c2cc3c(c(-c4ccc(F)cc4)n2)N(C)CC3(C)N)C(F)(F)F)ncc1OCCO. The van der Waals surface area contributed by atoms with Crippen LogP contribution in [-0.2, 0) is 11.1 Å². The Morgan fingerprint density at radius 2 is 1.90 bits per heavy atom. The molecule has 1 aliphatic rings. The fourth-order valence-electron chi connectivity index (χ4n) is 4.64. The maximum atomic E-state index is 14.5. The second kappa shape index (κ2) is 11.1. The Balaban J connectivity index is 1.74. The molecule has 0 bridgehead atoms. The zero-order valence-electron chi connectivity index (χ0n) is 22.4. The van der Waals surface area contributed by atoms with Gasteiger partial charge in [-0.15, -0.1) is 0 Å². The van der Waals surface area contributed by atoms with Crippen molar-refractivity contribution in [2.24, 2.45) is 5.73 Å². The summed E-state index contributed by atoms with van der Waals surface area (Å²) in [4.78, 5) is 22.6. The number of aliphatic hydroxyl groups is 2. The Bertz CT molecular complexity index is 1430. The lowest BCUT2D eigenvalue weighted by atomic mass is 9.89. The molecule has 2 atom stereocenters. The van der Waals surface area contributed by atoms with Gasteiger partial charge < -0.3 is 35.6 Å². The first-order valence-corrected chi connectivity index (χ1v) is 12.4. The Kier molecular flexibility index (Phi) is 8.11. The predicted octanol–water partition coefficient (Wildman–Crippen LogP) is 2.47. The minimum absolute atomic E-state index is 0.0558. The van der Waals surface area contributed by atoms with Crippen LogP contribution < -0.4 is 25.4 Å². The van der Waals surface area contributed by atoms with Gasteiger partial charge in [0.2, 0.25) is 5.60 Å². The number of pyridine rings is 2. The third-order valence-corrected chi connectivity index (χ3v) is 6.70. The van der Waals surface area contributed by atoms with Crippen LogP contribution in [-0.4, -0.2) is 72.7 Å². The summed E-state index contributed by atoms with van der Waals surface area (Å²) in [6.45, 7) is 0.200. The Labute approximate surface area is 232 Å². The highest BCUT2D eigenvalue weighted by Gasteiger charge is 2.57. The van der Waals surface area contributed by atoms with Crippen molar-refractivity contribution in [2.75, 3.05) is 45.4 Å². The number of nitrogens with one attached hydrogen (secondary N) is 1. The predicted molar refractivity (Wildman–Crippen MR) is 140 cm³/mol. The summed E-state index contributed by atoms with van der Waals surface area (Å²) in [5.41, 5.74) is 1.69. The number of likely N-dealkylation sites (N-methyl/N-ethyl adjacent to an activating group) is 1. The van der Waals surface area contributed by atoms with E-state index < -0.39 is 41.3 Å². The van der Waals surface area contributed by atoms with Gasteiger partial charge in [0.05, 0.1) is 49.1 Å². The summed E-state index contributed by atoms with van der Waals surface area (Å²) >= 11 is 0. The van der Waals surface area contributed by atoms with Crippen LogP contribution in [0.25, 0.3) is 11.3 Å². The van der Waals surface area contributed by atoms with Gasteiger partial charge in [-0.25, -0.2) is 14.4 Å². The molecule has 1 aromatic carbocycles. The van der Waals surface area contributed by atoms with E-state index in [1.165, 1.54) is 19.2 Å². The molecule has 0 spiro atoms. The Morgan fingerprint density at radius 3 is 2.51 bits per heavy atom. The number of ether oxygens (including phenoxy) is 2. The van der Waals surface area contributed by atoms with E-state index in [9.17, 15) is 27.5 Å². The zero-order valence-corrected chi connectivity index (χ0v) is 22.4. The van der Waals surface area contributed by atoms with E-state index in [2.05, 4.69) is 15.3 Å². The number of aliphatic hydroxyl groups excluding tert-OH is 1. The number of nitrogens with two attached hydrogens (primary N) is 1. The topological polar surface area (TPSA) is 143 Å². The van der Waals surface area contributed by atoms with Crippen LogP contribution in [0, 0.1) is 5.82 Å². The number of nitrogens with zero attached hydrogens (tertiary/aromatic N) is 3. The van der Waals surface area contributed by atoms with E-state index in [-0.39, 0.29) is 42.6 Å². The summed E-state index contributed by atoms with van der Waals surface area (Å²) in [7, 11) is 2.98. The van der Waals surface area contributed by atoms with Crippen LogP contribution >= 0.6 is 0 Å². The Morgan fingerprint density at radius 1 is 1.22 bits per heavy atom. The highest BCUT2D eigenvalue weighted by atomic mass is 19.4. The highest BCUT2D eigenvalue weighted by molar-refractivity contribution is 5.93. The van der Waals surface area contributed by atoms with Crippen molar-refractivity contribution in [3.63, 3.8) is 0 Å². The smallest absolute Gasteiger partial charge is 0.424 e. The van der Waals surface area contributed by atoms with Gasteiger partial charge in [0.15, 0.2) is 11.5 Å². The van der Waals surface area contributed by atoms with Gasteiger partial charge in [0, 0.05) is 30.8 Å². The van der Waals surface area contributed by atoms with Crippen molar-refractivity contribution < 1.29 is 42.0 Å². The molecular formula is C27H29F4N5O5. The van der Waals surface area contributed by atoms with Crippen LogP contribution in [0.4, 0.5) is 23.2 Å². The van der Waals surface area contributed by atoms with E-state index >= 15 is 0 Å². The lowest BCUT2D eigenvalue weighted by Crippen LogP contribution is -2.52. The van der Waals surface area contributed by atoms with E-state index in [0.717, 1.165) is 30.5 Å².